The van der Waals surface area contributed by atoms with Crippen molar-refractivity contribution in [1.82, 2.24) is 4.98 Å². The van der Waals surface area contributed by atoms with Gasteiger partial charge in [-0.1, -0.05) is 6.92 Å². The number of hydrogen-bond acceptors (Lipinski definition) is 4. The Labute approximate surface area is 84.0 Å². The molecule has 1 rings (SSSR count). The van der Waals surface area contributed by atoms with Crippen LogP contribution in [0.25, 0.3) is 0 Å². The number of hydrogen-bond donors (Lipinski definition) is 1. The fourth-order valence-electron chi connectivity index (χ4n) is 1.21. The van der Waals surface area contributed by atoms with Crippen LogP contribution in [0, 0.1) is 0 Å². The molecule has 4 nitrogen and oxygen atoms in total. The smallest absolute Gasteiger partial charge is 0.216 e. The highest BCUT2D eigenvalue weighted by Gasteiger charge is 2.11. The van der Waals surface area contributed by atoms with Crippen LogP contribution in [-0.4, -0.2) is 25.7 Å². The highest BCUT2D eigenvalue weighted by atomic mass is 16.5. The first-order chi connectivity index (χ1) is 6.72. The summed E-state index contributed by atoms with van der Waals surface area (Å²) >= 11 is 0. The van der Waals surface area contributed by atoms with Crippen LogP contribution in [0.15, 0.2) is 12.3 Å². The molecule has 2 N–H and O–H groups in total. The second-order valence-electron chi connectivity index (χ2n) is 3.11. The van der Waals surface area contributed by atoms with Crippen molar-refractivity contribution < 1.29 is 9.47 Å². The molecule has 0 radical (unpaired) electrons. The highest BCUT2D eigenvalue weighted by molar-refractivity contribution is 5.37. The van der Waals surface area contributed by atoms with E-state index < -0.39 is 0 Å². The molecule has 78 valence electrons. The summed E-state index contributed by atoms with van der Waals surface area (Å²) in [5.74, 6) is 1.56. The molecule has 1 atom stereocenters. The van der Waals surface area contributed by atoms with Gasteiger partial charge in [0.1, 0.15) is 5.75 Å². The monoisotopic (exact) mass is 196 g/mol. The molecular formula is C10H16N2O2. The zero-order chi connectivity index (χ0) is 10.6. The number of pyridine rings is 1. The highest BCUT2D eigenvalue weighted by Crippen LogP contribution is 2.27. The van der Waals surface area contributed by atoms with Crippen LogP contribution in [0.2, 0.25) is 0 Å². The molecule has 0 bridgehead atoms. The van der Waals surface area contributed by atoms with E-state index in [4.69, 9.17) is 15.2 Å². The number of nitrogens with zero attached hydrogens (tertiary/aromatic N) is 1. The van der Waals surface area contributed by atoms with E-state index in [0.717, 1.165) is 11.3 Å². The lowest BCUT2D eigenvalue weighted by Gasteiger charge is -2.13. The summed E-state index contributed by atoms with van der Waals surface area (Å²) in [7, 11) is 3.20. The first-order valence-corrected chi connectivity index (χ1v) is 4.51. The Morgan fingerprint density at radius 1 is 1.43 bits per heavy atom. The predicted octanol–water partition coefficient (Wildman–Crippen LogP) is 1.16. The van der Waals surface area contributed by atoms with Gasteiger partial charge < -0.3 is 15.2 Å². The number of nitrogens with two attached hydrogens (primary N) is 1. The van der Waals surface area contributed by atoms with E-state index in [1.807, 2.05) is 6.92 Å². The van der Waals surface area contributed by atoms with Crippen LogP contribution < -0.4 is 15.2 Å². The van der Waals surface area contributed by atoms with E-state index in [2.05, 4.69) is 4.98 Å². The molecule has 0 amide bonds. The van der Waals surface area contributed by atoms with E-state index in [1.165, 1.54) is 0 Å². The molecule has 1 unspecified atom stereocenters. The molecule has 14 heavy (non-hydrogen) atoms. The average molecular weight is 196 g/mol. The molecule has 1 aromatic heterocycles. The molecule has 0 aliphatic carbocycles. The van der Waals surface area contributed by atoms with E-state index in [-0.39, 0.29) is 5.92 Å². The first kappa shape index (κ1) is 10.8. The Bertz CT molecular complexity index is 302. The van der Waals surface area contributed by atoms with Gasteiger partial charge in [0, 0.05) is 17.8 Å². The average Bonchev–Trinajstić information content (AvgIpc) is 2.27. The molecule has 0 aromatic carbocycles. The molecule has 0 saturated heterocycles. The fraction of sp³-hybridized carbons (Fsp3) is 0.500. The van der Waals surface area contributed by atoms with Crippen molar-refractivity contribution in [2.45, 2.75) is 12.8 Å². The molecule has 0 fully saturated rings. The molecular weight excluding hydrogens is 180 g/mol. The number of ether oxygens (including phenoxy) is 2. The van der Waals surface area contributed by atoms with E-state index in [0.29, 0.717) is 12.4 Å². The Morgan fingerprint density at radius 2 is 2.14 bits per heavy atom. The largest absolute Gasteiger partial charge is 0.496 e. The van der Waals surface area contributed by atoms with Crippen molar-refractivity contribution in [3.63, 3.8) is 0 Å². The Balaban J connectivity index is 3.04. The maximum Gasteiger partial charge on any atom is 0.216 e. The lowest BCUT2D eigenvalue weighted by atomic mass is 10.0. The van der Waals surface area contributed by atoms with Crippen LogP contribution in [0.1, 0.15) is 18.4 Å². The summed E-state index contributed by atoms with van der Waals surface area (Å²) in [6.07, 6.45) is 1.75. The lowest BCUT2D eigenvalue weighted by molar-refractivity contribution is 0.378. The Hall–Kier alpha value is -1.29. The van der Waals surface area contributed by atoms with Gasteiger partial charge in [-0.3, -0.25) is 0 Å². The molecule has 0 aliphatic heterocycles. The van der Waals surface area contributed by atoms with Gasteiger partial charge >= 0.3 is 0 Å². The summed E-state index contributed by atoms with van der Waals surface area (Å²) in [5, 5.41) is 0. The maximum atomic E-state index is 5.58. The molecule has 1 aromatic rings. The van der Waals surface area contributed by atoms with Crippen molar-refractivity contribution in [1.29, 1.82) is 0 Å². The van der Waals surface area contributed by atoms with Gasteiger partial charge in [0.05, 0.1) is 14.2 Å². The van der Waals surface area contributed by atoms with Crippen molar-refractivity contribution in [2.24, 2.45) is 5.73 Å². The van der Waals surface area contributed by atoms with Gasteiger partial charge in [0.15, 0.2) is 0 Å². The summed E-state index contributed by atoms with van der Waals surface area (Å²) in [4.78, 5) is 4.12. The summed E-state index contributed by atoms with van der Waals surface area (Å²) < 4.78 is 10.2. The third kappa shape index (κ3) is 2.14. The van der Waals surface area contributed by atoms with Crippen molar-refractivity contribution in [3.8, 4) is 11.6 Å². The zero-order valence-corrected chi connectivity index (χ0v) is 8.78. The molecule has 0 saturated carbocycles. The van der Waals surface area contributed by atoms with Crippen LogP contribution >= 0.6 is 0 Å². The third-order valence-corrected chi connectivity index (χ3v) is 2.18. The second kappa shape index (κ2) is 4.81. The molecule has 0 spiro atoms. The van der Waals surface area contributed by atoms with Gasteiger partial charge in [-0.2, -0.15) is 0 Å². The van der Waals surface area contributed by atoms with Crippen LogP contribution in [0.5, 0.6) is 11.6 Å². The van der Waals surface area contributed by atoms with E-state index >= 15 is 0 Å². The van der Waals surface area contributed by atoms with Crippen LogP contribution in [-0.2, 0) is 0 Å². The lowest BCUT2D eigenvalue weighted by Crippen LogP contribution is -2.10. The van der Waals surface area contributed by atoms with Gasteiger partial charge in [0.25, 0.3) is 0 Å². The molecule has 4 heteroatoms. The predicted molar refractivity (Wildman–Crippen MR) is 54.8 cm³/mol. The molecule has 1 heterocycles. The summed E-state index contributed by atoms with van der Waals surface area (Å²) in [6.45, 7) is 2.61. The molecule has 0 aliphatic rings. The van der Waals surface area contributed by atoms with Crippen molar-refractivity contribution in [3.05, 3.63) is 17.8 Å². The van der Waals surface area contributed by atoms with Crippen molar-refractivity contribution in [2.75, 3.05) is 20.8 Å². The Morgan fingerprint density at radius 3 is 2.64 bits per heavy atom. The van der Waals surface area contributed by atoms with Gasteiger partial charge in [0.2, 0.25) is 5.88 Å². The Kier molecular flexibility index (Phi) is 3.71. The van der Waals surface area contributed by atoms with Gasteiger partial charge in [-0.05, 0) is 12.5 Å². The number of aromatic nitrogens is 1. The first-order valence-electron chi connectivity index (χ1n) is 4.51. The zero-order valence-electron chi connectivity index (χ0n) is 8.78. The third-order valence-electron chi connectivity index (χ3n) is 2.18. The van der Waals surface area contributed by atoms with Crippen molar-refractivity contribution >= 4 is 0 Å². The minimum atomic E-state index is 0.239. The topological polar surface area (TPSA) is 57.4 Å². The fourth-order valence-corrected chi connectivity index (χ4v) is 1.21. The standard InChI is InChI=1S/C10H16N2O2/c1-7(5-11)8-6-12-10(14-3)4-9(8)13-2/h4,6-7H,5,11H2,1-3H3. The van der Waals surface area contributed by atoms with Crippen LogP contribution in [0.3, 0.4) is 0 Å². The second-order valence-corrected chi connectivity index (χ2v) is 3.11. The normalized spacial score (nSPS) is 12.3. The quantitative estimate of drug-likeness (QED) is 0.785. The SMILES string of the molecule is COc1cc(OC)c(C(C)CN)cn1. The number of rotatable bonds is 4. The van der Waals surface area contributed by atoms with E-state index in [9.17, 15) is 0 Å². The van der Waals surface area contributed by atoms with Gasteiger partial charge in [-0.15, -0.1) is 0 Å². The van der Waals surface area contributed by atoms with E-state index in [1.54, 1.807) is 26.5 Å². The summed E-state index contributed by atoms with van der Waals surface area (Å²) in [6, 6.07) is 1.77. The maximum absolute atomic E-state index is 5.58. The van der Waals surface area contributed by atoms with Crippen LogP contribution in [0.4, 0.5) is 0 Å². The van der Waals surface area contributed by atoms with Gasteiger partial charge in [-0.25, -0.2) is 4.98 Å². The number of methoxy groups -OCH3 is 2. The minimum Gasteiger partial charge on any atom is -0.496 e. The summed E-state index contributed by atoms with van der Waals surface area (Å²) in [5.41, 5.74) is 6.59. The minimum absolute atomic E-state index is 0.239.